The van der Waals surface area contributed by atoms with Crippen molar-refractivity contribution in [2.45, 2.75) is 26.7 Å². The normalized spacial score (nSPS) is 11.4. The van der Waals surface area contributed by atoms with Crippen LogP contribution in [0, 0.1) is 6.92 Å². The van der Waals surface area contributed by atoms with Gasteiger partial charge in [0.1, 0.15) is 0 Å². The Morgan fingerprint density at radius 1 is 1.15 bits per heavy atom. The lowest BCUT2D eigenvalue weighted by Crippen LogP contribution is -1.91. The van der Waals surface area contributed by atoms with Crippen LogP contribution in [-0.2, 0) is 7.05 Å². The summed E-state index contributed by atoms with van der Waals surface area (Å²) < 4.78 is 1.86. The molecule has 20 heavy (non-hydrogen) atoms. The number of aromatic nitrogens is 3. The molecule has 0 bridgehead atoms. The van der Waals surface area contributed by atoms with Crippen molar-refractivity contribution in [3.05, 3.63) is 47.8 Å². The molecule has 2 heterocycles. The molecule has 0 atom stereocenters. The van der Waals surface area contributed by atoms with Gasteiger partial charge in [-0.15, -0.1) is 0 Å². The Bertz CT molecular complexity index is 769. The van der Waals surface area contributed by atoms with E-state index in [0.29, 0.717) is 5.92 Å². The molecule has 0 aliphatic carbocycles. The molecule has 0 saturated carbocycles. The van der Waals surface area contributed by atoms with E-state index >= 15 is 0 Å². The van der Waals surface area contributed by atoms with Crippen LogP contribution >= 0.6 is 0 Å². The smallest absolute Gasteiger partial charge is 0.0952 e. The van der Waals surface area contributed by atoms with Crippen LogP contribution in [0.1, 0.15) is 30.9 Å². The molecule has 1 aromatic carbocycles. The average Bonchev–Trinajstić information content (AvgIpc) is 2.80. The van der Waals surface area contributed by atoms with Gasteiger partial charge in [-0.3, -0.25) is 9.67 Å². The molecule has 0 saturated heterocycles. The van der Waals surface area contributed by atoms with Gasteiger partial charge >= 0.3 is 0 Å². The van der Waals surface area contributed by atoms with Crippen molar-refractivity contribution in [2.75, 3.05) is 0 Å². The first-order valence-corrected chi connectivity index (χ1v) is 6.95. The van der Waals surface area contributed by atoms with Crippen molar-refractivity contribution in [3.63, 3.8) is 0 Å². The number of rotatable bonds is 2. The van der Waals surface area contributed by atoms with Crippen molar-refractivity contribution in [2.24, 2.45) is 7.05 Å². The second-order valence-corrected chi connectivity index (χ2v) is 5.66. The van der Waals surface area contributed by atoms with Crippen LogP contribution in [0.5, 0.6) is 0 Å². The summed E-state index contributed by atoms with van der Waals surface area (Å²) in [4.78, 5) is 4.52. The van der Waals surface area contributed by atoms with Gasteiger partial charge in [-0.25, -0.2) is 0 Å². The third-order valence-electron chi connectivity index (χ3n) is 3.66. The molecule has 0 radical (unpaired) electrons. The lowest BCUT2D eigenvalue weighted by Gasteiger charge is -2.08. The van der Waals surface area contributed by atoms with E-state index in [-0.39, 0.29) is 0 Å². The summed E-state index contributed by atoms with van der Waals surface area (Å²) in [6.07, 6.45) is 3.95. The van der Waals surface area contributed by atoms with Gasteiger partial charge < -0.3 is 0 Å². The molecule has 2 aromatic heterocycles. The van der Waals surface area contributed by atoms with Gasteiger partial charge in [0.25, 0.3) is 0 Å². The molecule has 0 amide bonds. The van der Waals surface area contributed by atoms with Crippen molar-refractivity contribution in [1.29, 1.82) is 0 Å². The first kappa shape index (κ1) is 12.9. The SMILES string of the molecule is Cc1cc(-c2cc(C(C)C)ccn2)cc2cn(C)nc12. The number of hydrogen-bond donors (Lipinski definition) is 0. The minimum Gasteiger partial charge on any atom is -0.275 e. The van der Waals surface area contributed by atoms with Crippen molar-refractivity contribution in [3.8, 4) is 11.3 Å². The highest BCUT2D eigenvalue weighted by atomic mass is 15.2. The minimum absolute atomic E-state index is 0.514. The average molecular weight is 265 g/mol. The number of aryl methyl sites for hydroxylation is 2. The molecule has 3 heteroatoms. The van der Waals surface area contributed by atoms with Gasteiger partial charge in [0.05, 0.1) is 11.2 Å². The second-order valence-electron chi connectivity index (χ2n) is 5.66. The van der Waals surface area contributed by atoms with Gasteiger partial charge in [0.2, 0.25) is 0 Å². The zero-order valence-electron chi connectivity index (χ0n) is 12.4. The Kier molecular flexibility index (Phi) is 3.05. The number of nitrogens with zero attached hydrogens (tertiary/aromatic N) is 3. The topological polar surface area (TPSA) is 30.7 Å². The van der Waals surface area contributed by atoms with Crippen molar-refractivity contribution < 1.29 is 0 Å². The Labute approximate surface area is 119 Å². The Morgan fingerprint density at radius 3 is 2.70 bits per heavy atom. The Hall–Kier alpha value is -2.16. The van der Waals surface area contributed by atoms with Crippen LogP contribution in [0.2, 0.25) is 0 Å². The first-order valence-electron chi connectivity index (χ1n) is 6.95. The highest BCUT2D eigenvalue weighted by Gasteiger charge is 2.08. The predicted octanol–water partition coefficient (Wildman–Crippen LogP) is 4.07. The quantitative estimate of drug-likeness (QED) is 0.699. The van der Waals surface area contributed by atoms with E-state index in [1.165, 1.54) is 16.5 Å². The maximum Gasteiger partial charge on any atom is 0.0952 e. The molecule has 0 unspecified atom stereocenters. The third kappa shape index (κ3) is 2.20. The number of fused-ring (bicyclic) bond motifs is 1. The summed E-state index contributed by atoms with van der Waals surface area (Å²) in [6.45, 7) is 6.51. The van der Waals surface area contributed by atoms with E-state index < -0.39 is 0 Å². The number of pyridine rings is 1. The summed E-state index contributed by atoms with van der Waals surface area (Å²) >= 11 is 0. The molecule has 0 aliphatic rings. The predicted molar refractivity (Wildman–Crippen MR) is 82.8 cm³/mol. The van der Waals surface area contributed by atoms with E-state index in [9.17, 15) is 0 Å². The lowest BCUT2D eigenvalue weighted by atomic mass is 10.00. The fourth-order valence-electron chi connectivity index (χ4n) is 2.54. The van der Waals surface area contributed by atoms with E-state index in [2.05, 4.69) is 61.3 Å². The summed E-state index contributed by atoms with van der Waals surface area (Å²) in [5, 5.41) is 5.66. The molecule has 3 nitrogen and oxygen atoms in total. The van der Waals surface area contributed by atoms with E-state index in [1.807, 2.05) is 17.9 Å². The van der Waals surface area contributed by atoms with Gasteiger partial charge in [0, 0.05) is 30.4 Å². The number of hydrogen-bond acceptors (Lipinski definition) is 2. The van der Waals surface area contributed by atoms with Gasteiger partial charge in [0.15, 0.2) is 0 Å². The zero-order valence-corrected chi connectivity index (χ0v) is 12.4. The van der Waals surface area contributed by atoms with Crippen LogP contribution in [0.3, 0.4) is 0 Å². The molecule has 0 fully saturated rings. The third-order valence-corrected chi connectivity index (χ3v) is 3.66. The van der Waals surface area contributed by atoms with E-state index in [1.54, 1.807) is 0 Å². The summed E-state index contributed by atoms with van der Waals surface area (Å²) in [6, 6.07) is 8.61. The van der Waals surface area contributed by atoms with Gasteiger partial charge in [-0.05, 0) is 48.2 Å². The highest BCUT2D eigenvalue weighted by molar-refractivity contribution is 5.86. The standard InChI is InChI=1S/C17H19N3/c1-11(2)13-5-6-18-16(9-13)14-7-12(3)17-15(8-14)10-20(4)19-17/h5-11H,1-4H3. The highest BCUT2D eigenvalue weighted by Crippen LogP contribution is 2.27. The largest absolute Gasteiger partial charge is 0.275 e. The Balaban J connectivity index is 2.16. The van der Waals surface area contributed by atoms with E-state index in [4.69, 9.17) is 0 Å². The molecule has 3 aromatic rings. The maximum atomic E-state index is 4.52. The van der Waals surface area contributed by atoms with Crippen LogP contribution < -0.4 is 0 Å². The molecule has 0 aliphatic heterocycles. The van der Waals surface area contributed by atoms with Crippen LogP contribution in [0.15, 0.2) is 36.7 Å². The molecular formula is C17H19N3. The lowest BCUT2D eigenvalue weighted by molar-refractivity contribution is 0.779. The Morgan fingerprint density at radius 2 is 1.95 bits per heavy atom. The van der Waals surface area contributed by atoms with Crippen molar-refractivity contribution in [1.82, 2.24) is 14.8 Å². The molecule has 102 valence electrons. The molecule has 0 spiro atoms. The fraction of sp³-hybridized carbons (Fsp3) is 0.294. The van der Waals surface area contributed by atoms with Crippen LogP contribution in [0.25, 0.3) is 22.2 Å². The second kappa shape index (κ2) is 4.75. The summed E-state index contributed by atoms with van der Waals surface area (Å²) in [5.74, 6) is 0.514. The monoisotopic (exact) mass is 265 g/mol. The molecular weight excluding hydrogens is 246 g/mol. The minimum atomic E-state index is 0.514. The number of benzene rings is 1. The van der Waals surface area contributed by atoms with Crippen LogP contribution in [0.4, 0.5) is 0 Å². The maximum absolute atomic E-state index is 4.52. The summed E-state index contributed by atoms with van der Waals surface area (Å²) in [7, 11) is 1.96. The zero-order chi connectivity index (χ0) is 14.3. The first-order chi connectivity index (χ1) is 9.54. The van der Waals surface area contributed by atoms with E-state index in [0.717, 1.165) is 16.8 Å². The van der Waals surface area contributed by atoms with Crippen LogP contribution in [-0.4, -0.2) is 14.8 Å². The molecule has 0 N–H and O–H groups in total. The fourth-order valence-corrected chi connectivity index (χ4v) is 2.54. The van der Waals surface area contributed by atoms with Crippen molar-refractivity contribution >= 4 is 10.9 Å². The van der Waals surface area contributed by atoms with Gasteiger partial charge in [-0.2, -0.15) is 5.10 Å². The van der Waals surface area contributed by atoms with Gasteiger partial charge in [-0.1, -0.05) is 13.8 Å². The molecule has 3 rings (SSSR count). The summed E-state index contributed by atoms with van der Waals surface area (Å²) in [5.41, 5.74) is 5.76.